The van der Waals surface area contributed by atoms with Crippen molar-refractivity contribution in [3.63, 3.8) is 0 Å². The molecule has 8 nitrogen and oxygen atoms in total. The number of carbonyl (C=O) groups excluding carboxylic acids is 1. The van der Waals surface area contributed by atoms with Gasteiger partial charge in [-0.25, -0.2) is 12.8 Å². The number of aromatic nitrogens is 2. The van der Waals surface area contributed by atoms with Gasteiger partial charge in [-0.15, -0.1) is 0 Å². The number of hydrogen-bond acceptors (Lipinski definition) is 5. The quantitative estimate of drug-likeness (QED) is 0.610. The number of nitrogens with one attached hydrogen (secondary N) is 1. The molecule has 0 saturated carbocycles. The molecule has 3 aromatic rings. The van der Waals surface area contributed by atoms with Crippen LogP contribution in [0.5, 0.6) is 0 Å². The maximum Gasteiger partial charge on any atom is 0.263 e. The molecule has 2 aromatic carbocycles. The summed E-state index contributed by atoms with van der Waals surface area (Å²) in [5, 5.41) is 6.88. The standard InChI is InChI=1S/C21H21ClFN5O3S/c1-26-14-19(20(29)24-17-4-2-3-16(23)13-17)21(25-26)32(30,31)28-11-9-27(10-12-28)18-7-5-15(22)6-8-18/h2-8,13-14H,9-12H2,1H3,(H,24,29). The lowest BCUT2D eigenvalue weighted by Crippen LogP contribution is -2.49. The Balaban J connectivity index is 1.52. The number of rotatable bonds is 5. The minimum atomic E-state index is -4.01. The molecule has 4 rings (SSSR count). The van der Waals surface area contributed by atoms with Gasteiger partial charge in [-0.05, 0) is 42.5 Å². The molecule has 1 aliphatic heterocycles. The van der Waals surface area contributed by atoms with Crippen molar-refractivity contribution in [2.45, 2.75) is 5.03 Å². The molecule has 32 heavy (non-hydrogen) atoms. The number of benzene rings is 2. The largest absolute Gasteiger partial charge is 0.369 e. The molecule has 1 aromatic heterocycles. The number of anilines is 2. The second-order valence-corrected chi connectivity index (χ2v) is 9.64. The molecule has 0 radical (unpaired) electrons. The summed E-state index contributed by atoms with van der Waals surface area (Å²) in [4.78, 5) is 14.8. The molecule has 0 bridgehead atoms. The van der Waals surface area contributed by atoms with E-state index in [1.165, 1.54) is 40.4 Å². The van der Waals surface area contributed by atoms with Crippen LogP contribution in [-0.4, -0.2) is 54.6 Å². The Labute approximate surface area is 190 Å². The minimum Gasteiger partial charge on any atom is -0.369 e. The summed E-state index contributed by atoms with van der Waals surface area (Å²) in [6.07, 6.45) is 1.34. The van der Waals surface area contributed by atoms with Crippen molar-refractivity contribution in [1.29, 1.82) is 0 Å². The predicted molar refractivity (Wildman–Crippen MR) is 120 cm³/mol. The van der Waals surface area contributed by atoms with Gasteiger partial charge in [0, 0.05) is 55.8 Å². The van der Waals surface area contributed by atoms with Gasteiger partial charge in [0.1, 0.15) is 5.82 Å². The predicted octanol–water partition coefficient (Wildman–Crippen LogP) is 2.98. The first-order valence-electron chi connectivity index (χ1n) is 9.85. The van der Waals surface area contributed by atoms with Crippen molar-refractivity contribution in [1.82, 2.24) is 14.1 Å². The summed E-state index contributed by atoms with van der Waals surface area (Å²) < 4.78 is 42.6. The summed E-state index contributed by atoms with van der Waals surface area (Å²) in [6, 6.07) is 12.7. The fraction of sp³-hybridized carbons (Fsp3) is 0.238. The maximum atomic E-state index is 13.4. The number of amides is 1. The zero-order chi connectivity index (χ0) is 22.9. The monoisotopic (exact) mass is 477 g/mol. The number of sulfonamides is 1. The van der Waals surface area contributed by atoms with Crippen LogP contribution in [0.4, 0.5) is 15.8 Å². The molecule has 11 heteroatoms. The van der Waals surface area contributed by atoms with Gasteiger partial charge in [0.2, 0.25) is 5.03 Å². The van der Waals surface area contributed by atoms with Crippen molar-refractivity contribution in [3.8, 4) is 0 Å². The molecule has 1 saturated heterocycles. The van der Waals surface area contributed by atoms with Gasteiger partial charge in [-0.3, -0.25) is 9.48 Å². The fourth-order valence-corrected chi connectivity index (χ4v) is 5.21. The van der Waals surface area contributed by atoms with Crippen LogP contribution in [0.1, 0.15) is 10.4 Å². The van der Waals surface area contributed by atoms with Crippen molar-refractivity contribution in [2.75, 3.05) is 36.4 Å². The number of carbonyl (C=O) groups is 1. The Morgan fingerprint density at radius 1 is 1.09 bits per heavy atom. The summed E-state index contributed by atoms with van der Waals surface area (Å²) in [6.45, 7) is 1.45. The first-order chi connectivity index (χ1) is 15.2. The highest BCUT2D eigenvalue weighted by Crippen LogP contribution is 2.24. The molecule has 1 amide bonds. The van der Waals surface area contributed by atoms with Gasteiger partial charge in [0.15, 0.2) is 0 Å². The molecule has 168 valence electrons. The van der Waals surface area contributed by atoms with Crippen LogP contribution < -0.4 is 10.2 Å². The van der Waals surface area contributed by atoms with E-state index < -0.39 is 21.7 Å². The third-order valence-electron chi connectivity index (χ3n) is 5.14. The average molecular weight is 478 g/mol. The lowest BCUT2D eigenvalue weighted by atomic mass is 10.2. The van der Waals surface area contributed by atoms with E-state index in [-0.39, 0.29) is 29.4 Å². The van der Waals surface area contributed by atoms with Crippen LogP contribution in [0.3, 0.4) is 0 Å². The van der Waals surface area contributed by atoms with Crippen molar-refractivity contribution in [2.24, 2.45) is 7.05 Å². The third kappa shape index (κ3) is 4.62. The molecule has 1 fully saturated rings. The lowest BCUT2D eigenvalue weighted by molar-refractivity contribution is 0.102. The Bertz CT molecular complexity index is 1240. The number of hydrogen-bond donors (Lipinski definition) is 1. The van der Waals surface area contributed by atoms with Crippen molar-refractivity contribution < 1.29 is 17.6 Å². The van der Waals surface area contributed by atoms with Gasteiger partial charge in [-0.2, -0.15) is 9.40 Å². The number of aryl methyl sites for hydroxylation is 1. The Kier molecular flexibility index (Phi) is 6.18. The third-order valence-corrected chi connectivity index (χ3v) is 7.22. The van der Waals surface area contributed by atoms with E-state index >= 15 is 0 Å². The normalized spacial score (nSPS) is 15.0. The van der Waals surface area contributed by atoms with Gasteiger partial charge in [0.05, 0.1) is 5.56 Å². The molecule has 0 spiro atoms. The van der Waals surface area contributed by atoms with Crippen LogP contribution in [-0.2, 0) is 17.1 Å². The van der Waals surface area contributed by atoms with Crippen LogP contribution in [0, 0.1) is 5.82 Å². The summed E-state index contributed by atoms with van der Waals surface area (Å²) >= 11 is 5.94. The molecular formula is C21H21ClFN5O3S. The zero-order valence-electron chi connectivity index (χ0n) is 17.2. The molecular weight excluding hydrogens is 457 g/mol. The van der Waals surface area contributed by atoms with E-state index in [1.54, 1.807) is 12.1 Å². The van der Waals surface area contributed by atoms with Crippen molar-refractivity contribution in [3.05, 3.63) is 71.1 Å². The first-order valence-corrected chi connectivity index (χ1v) is 11.7. The average Bonchev–Trinajstić information content (AvgIpc) is 3.17. The molecule has 0 aliphatic carbocycles. The summed E-state index contributed by atoms with van der Waals surface area (Å²) in [7, 11) is -2.47. The minimum absolute atomic E-state index is 0.100. The van der Waals surface area contributed by atoms with E-state index in [9.17, 15) is 17.6 Å². The van der Waals surface area contributed by atoms with Gasteiger partial charge < -0.3 is 10.2 Å². The van der Waals surface area contributed by atoms with E-state index in [1.807, 2.05) is 12.1 Å². The number of nitrogens with zero attached hydrogens (tertiary/aromatic N) is 4. The maximum absolute atomic E-state index is 13.4. The Hall–Kier alpha value is -2.95. The van der Waals surface area contributed by atoms with Crippen LogP contribution in [0.25, 0.3) is 0 Å². The highest BCUT2D eigenvalue weighted by molar-refractivity contribution is 7.89. The van der Waals surface area contributed by atoms with E-state index in [2.05, 4.69) is 15.3 Å². The SMILES string of the molecule is Cn1cc(C(=O)Nc2cccc(F)c2)c(S(=O)(=O)N2CCN(c3ccc(Cl)cc3)CC2)n1. The summed E-state index contributed by atoms with van der Waals surface area (Å²) in [5.74, 6) is -1.19. The van der Waals surface area contributed by atoms with Gasteiger partial charge in [0.25, 0.3) is 15.9 Å². The topological polar surface area (TPSA) is 87.5 Å². The molecule has 2 heterocycles. The van der Waals surface area contributed by atoms with E-state index in [0.29, 0.717) is 18.1 Å². The molecule has 0 unspecified atom stereocenters. The number of piperazine rings is 1. The second kappa shape index (κ2) is 8.89. The zero-order valence-corrected chi connectivity index (χ0v) is 18.8. The molecule has 1 N–H and O–H groups in total. The van der Waals surface area contributed by atoms with Crippen LogP contribution in [0.15, 0.2) is 59.8 Å². The van der Waals surface area contributed by atoms with Crippen LogP contribution in [0.2, 0.25) is 5.02 Å². The van der Waals surface area contributed by atoms with Gasteiger partial charge in [-0.1, -0.05) is 17.7 Å². The Morgan fingerprint density at radius 2 is 1.78 bits per heavy atom. The van der Waals surface area contributed by atoms with E-state index in [0.717, 1.165) is 11.8 Å². The molecule has 0 atom stereocenters. The Morgan fingerprint density at radius 3 is 2.44 bits per heavy atom. The first kappa shape index (κ1) is 22.3. The fourth-order valence-electron chi connectivity index (χ4n) is 3.54. The highest BCUT2D eigenvalue weighted by Gasteiger charge is 2.34. The van der Waals surface area contributed by atoms with Crippen molar-refractivity contribution >= 4 is 38.9 Å². The van der Waals surface area contributed by atoms with E-state index in [4.69, 9.17) is 11.6 Å². The lowest BCUT2D eigenvalue weighted by Gasteiger charge is -2.35. The highest BCUT2D eigenvalue weighted by atomic mass is 35.5. The molecule has 1 aliphatic rings. The van der Waals surface area contributed by atoms with Gasteiger partial charge >= 0.3 is 0 Å². The number of halogens is 2. The second-order valence-electron chi connectivity index (χ2n) is 7.35. The van der Waals surface area contributed by atoms with Crippen LogP contribution >= 0.6 is 11.6 Å². The smallest absolute Gasteiger partial charge is 0.263 e. The summed E-state index contributed by atoms with van der Waals surface area (Å²) in [5.41, 5.74) is 1.08.